The number of nitrogens with two attached hydrogens (primary N) is 1. The minimum Gasteiger partial charge on any atom is -0.497 e. The van der Waals surface area contributed by atoms with E-state index in [2.05, 4.69) is 0 Å². The average Bonchev–Trinajstić information content (AvgIpc) is 2.43. The fourth-order valence-corrected chi connectivity index (χ4v) is 2.19. The molecule has 100 valence electrons. The second-order valence-electron chi connectivity index (χ2n) is 4.72. The number of methoxy groups -OCH3 is 1. The van der Waals surface area contributed by atoms with E-state index in [0.717, 1.165) is 16.9 Å². The number of ether oxygens (including phenoxy) is 1. The zero-order valence-corrected chi connectivity index (χ0v) is 11.4. The third-order valence-electron chi connectivity index (χ3n) is 3.27. The van der Waals surface area contributed by atoms with Crippen LogP contribution in [-0.4, -0.2) is 7.11 Å². The minimum absolute atomic E-state index is 0.165. The number of halogens is 1. The van der Waals surface area contributed by atoms with Crippen LogP contribution in [0, 0.1) is 19.7 Å². The molecule has 0 aromatic heterocycles. The summed E-state index contributed by atoms with van der Waals surface area (Å²) in [4.78, 5) is 0. The molecular weight excluding hydrogens is 241 g/mol. The van der Waals surface area contributed by atoms with E-state index in [1.54, 1.807) is 33.1 Å². The van der Waals surface area contributed by atoms with E-state index in [4.69, 9.17) is 10.5 Å². The summed E-state index contributed by atoms with van der Waals surface area (Å²) < 4.78 is 18.8. The molecule has 2 nitrogen and oxygen atoms in total. The zero-order chi connectivity index (χ0) is 14.0. The molecule has 1 unspecified atom stereocenters. The Bertz CT molecular complexity index is 572. The Morgan fingerprint density at radius 2 is 1.68 bits per heavy atom. The van der Waals surface area contributed by atoms with E-state index in [1.807, 2.05) is 24.3 Å². The van der Waals surface area contributed by atoms with Crippen LogP contribution in [0.15, 0.2) is 36.4 Å². The first kappa shape index (κ1) is 13.6. The standard InChI is InChI=1S/C16H18FNO/c1-10-7-13(8-11(2)15(10)17)16(18)12-5-4-6-14(9-12)19-3/h4-9,16H,18H2,1-3H3. The van der Waals surface area contributed by atoms with Gasteiger partial charge < -0.3 is 10.5 Å². The van der Waals surface area contributed by atoms with Crippen LogP contribution >= 0.6 is 0 Å². The monoisotopic (exact) mass is 259 g/mol. The molecule has 2 N–H and O–H groups in total. The highest BCUT2D eigenvalue weighted by molar-refractivity contribution is 5.39. The molecule has 0 bridgehead atoms. The fraction of sp³-hybridized carbons (Fsp3) is 0.250. The van der Waals surface area contributed by atoms with Gasteiger partial charge in [0.05, 0.1) is 13.2 Å². The van der Waals surface area contributed by atoms with Crippen molar-refractivity contribution in [2.75, 3.05) is 7.11 Å². The Hall–Kier alpha value is -1.87. The van der Waals surface area contributed by atoms with E-state index < -0.39 is 0 Å². The number of benzene rings is 2. The van der Waals surface area contributed by atoms with Crippen molar-refractivity contribution in [3.8, 4) is 5.75 Å². The van der Waals surface area contributed by atoms with E-state index in [9.17, 15) is 4.39 Å². The highest BCUT2D eigenvalue weighted by Crippen LogP contribution is 2.25. The lowest BCUT2D eigenvalue weighted by Gasteiger charge is -2.15. The van der Waals surface area contributed by atoms with Crippen LogP contribution in [0.2, 0.25) is 0 Å². The maximum Gasteiger partial charge on any atom is 0.129 e. The minimum atomic E-state index is -0.284. The molecule has 0 radical (unpaired) electrons. The molecule has 1 atom stereocenters. The van der Waals surface area contributed by atoms with Gasteiger partial charge in [-0.1, -0.05) is 24.3 Å². The number of hydrogen-bond donors (Lipinski definition) is 1. The smallest absolute Gasteiger partial charge is 0.129 e. The summed E-state index contributed by atoms with van der Waals surface area (Å²) in [6, 6.07) is 10.9. The first-order valence-electron chi connectivity index (χ1n) is 6.19. The molecular formula is C16H18FNO. The van der Waals surface area contributed by atoms with Gasteiger partial charge in [-0.15, -0.1) is 0 Å². The molecule has 0 aliphatic rings. The Morgan fingerprint density at radius 1 is 1.05 bits per heavy atom. The van der Waals surface area contributed by atoms with Crippen LogP contribution in [-0.2, 0) is 0 Å². The lowest BCUT2D eigenvalue weighted by molar-refractivity contribution is 0.414. The van der Waals surface area contributed by atoms with Crippen molar-refractivity contribution in [1.29, 1.82) is 0 Å². The largest absolute Gasteiger partial charge is 0.497 e. The number of rotatable bonds is 3. The van der Waals surface area contributed by atoms with Gasteiger partial charge >= 0.3 is 0 Å². The summed E-state index contributed by atoms with van der Waals surface area (Å²) in [5.41, 5.74) is 9.34. The van der Waals surface area contributed by atoms with Crippen LogP contribution in [0.1, 0.15) is 28.3 Å². The van der Waals surface area contributed by atoms with Crippen LogP contribution in [0.3, 0.4) is 0 Å². The summed E-state index contributed by atoms with van der Waals surface area (Å²) >= 11 is 0. The van der Waals surface area contributed by atoms with Crippen molar-refractivity contribution < 1.29 is 9.13 Å². The average molecular weight is 259 g/mol. The summed E-state index contributed by atoms with van der Waals surface area (Å²) in [5.74, 6) is 0.602. The van der Waals surface area contributed by atoms with Crippen LogP contribution in [0.25, 0.3) is 0 Å². The Morgan fingerprint density at radius 3 is 2.26 bits per heavy atom. The van der Waals surface area contributed by atoms with Gasteiger partial charge in [0.15, 0.2) is 0 Å². The molecule has 0 heterocycles. The number of hydrogen-bond acceptors (Lipinski definition) is 2. The third kappa shape index (κ3) is 2.76. The Balaban J connectivity index is 2.40. The van der Waals surface area contributed by atoms with Gasteiger partial charge in [-0.25, -0.2) is 4.39 Å². The van der Waals surface area contributed by atoms with Crippen molar-refractivity contribution in [3.63, 3.8) is 0 Å². The first-order valence-corrected chi connectivity index (χ1v) is 6.19. The van der Waals surface area contributed by atoms with Gasteiger partial charge in [0, 0.05) is 0 Å². The Labute approximate surface area is 113 Å². The van der Waals surface area contributed by atoms with Crippen molar-refractivity contribution in [2.45, 2.75) is 19.9 Å². The predicted octanol–water partition coefficient (Wildman–Crippen LogP) is 3.50. The van der Waals surface area contributed by atoms with Gasteiger partial charge in [0.1, 0.15) is 11.6 Å². The van der Waals surface area contributed by atoms with Gasteiger partial charge in [0.25, 0.3) is 0 Å². The van der Waals surface area contributed by atoms with E-state index in [1.165, 1.54) is 0 Å². The highest BCUT2D eigenvalue weighted by atomic mass is 19.1. The molecule has 0 aliphatic carbocycles. The normalized spacial score (nSPS) is 12.3. The second-order valence-corrected chi connectivity index (χ2v) is 4.72. The maximum absolute atomic E-state index is 13.6. The first-order chi connectivity index (χ1) is 9.02. The maximum atomic E-state index is 13.6. The molecule has 0 saturated carbocycles. The molecule has 0 amide bonds. The molecule has 2 aromatic rings. The second kappa shape index (κ2) is 5.41. The highest BCUT2D eigenvalue weighted by Gasteiger charge is 2.13. The lowest BCUT2D eigenvalue weighted by Crippen LogP contribution is -2.13. The van der Waals surface area contributed by atoms with Gasteiger partial charge in [-0.05, 0) is 48.2 Å². The van der Waals surface area contributed by atoms with Gasteiger partial charge in [0.2, 0.25) is 0 Å². The third-order valence-corrected chi connectivity index (χ3v) is 3.27. The topological polar surface area (TPSA) is 35.2 Å². The van der Waals surface area contributed by atoms with Crippen molar-refractivity contribution in [3.05, 3.63) is 64.5 Å². The van der Waals surface area contributed by atoms with Crippen molar-refractivity contribution in [2.24, 2.45) is 5.73 Å². The zero-order valence-electron chi connectivity index (χ0n) is 11.4. The Kier molecular flexibility index (Phi) is 3.86. The number of aryl methyl sites for hydroxylation is 2. The quantitative estimate of drug-likeness (QED) is 0.915. The summed E-state index contributed by atoms with van der Waals surface area (Å²) in [6.07, 6.45) is 0. The molecule has 0 saturated heterocycles. The molecule has 3 heteroatoms. The fourth-order valence-electron chi connectivity index (χ4n) is 2.19. The molecule has 0 aliphatic heterocycles. The SMILES string of the molecule is COc1cccc(C(N)c2cc(C)c(F)c(C)c2)c1. The van der Waals surface area contributed by atoms with E-state index in [-0.39, 0.29) is 11.9 Å². The van der Waals surface area contributed by atoms with Crippen molar-refractivity contribution in [1.82, 2.24) is 0 Å². The molecule has 2 rings (SSSR count). The molecule has 19 heavy (non-hydrogen) atoms. The lowest BCUT2D eigenvalue weighted by atomic mass is 9.96. The summed E-state index contributed by atoms with van der Waals surface area (Å²) in [7, 11) is 1.62. The van der Waals surface area contributed by atoms with Crippen LogP contribution in [0.4, 0.5) is 4.39 Å². The van der Waals surface area contributed by atoms with Crippen LogP contribution in [0.5, 0.6) is 5.75 Å². The van der Waals surface area contributed by atoms with E-state index in [0.29, 0.717) is 11.1 Å². The van der Waals surface area contributed by atoms with Gasteiger partial charge in [-0.2, -0.15) is 0 Å². The summed E-state index contributed by atoms with van der Waals surface area (Å²) in [6.45, 7) is 3.51. The summed E-state index contributed by atoms with van der Waals surface area (Å²) in [5, 5.41) is 0. The molecule has 0 fully saturated rings. The predicted molar refractivity (Wildman–Crippen MR) is 74.9 cm³/mol. The van der Waals surface area contributed by atoms with E-state index >= 15 is 0 Å². The molecule has 0 spiro atoms. The van der Waals surface area contributed by atoms with Gasteiger partial charge in [-0.3, -0.25) is 0 Å². The van der Waals surface area contributed by atoms with Crippen LogP contribution < -0.4 is 10.5 Å². The molecule has 2 aromatic carbocycles. The van der Waals surface area contributed by atoms with Crippen molar-refractivity contribution >= 4 is 0 Å².